The number of nitrogens with zero attached hydrogens (tertiary/aromatic N) is 2. The molecular weight excluding hydrogens is 457 g/mol. The second-order valence-electron chi connectivity index (χ2n) is 6.19. The predicted octanol–water partition coefficient (Wildman–Crippen LogP) is 4.81. The topological polar surface area (TPSA) is 87.5 Å². The molecule has 1 unspecified atom stereocenters. The lowest BCUT2D eigenvalue weighted by Gasteiger charge is -2.24. The van der Waals surface area contributed by atoms with Crippen molar-refractivity contribution < 1.29 is 31.1 Å². The number of alkyl halides is 3. The summed E-state index contributed by atoms with van der Waals surface area (Å²) in [5.41, 5.74) is -1.58. The number of hydrogen-bond donors (Lipinski definition) is 0. The van der Waals surface area contributed by atoms with Crippen LogP contribution in [0.2, 0.25) is 5.02 Å². The van der Waals surface area contributed by atoms with Gasteiger partial charge in [0.1, 0.15) is 6.07 Å². The first-order valence-corrected chi connectivity index (χ1v) is 10.4. The Labute approximate surface area is 182 Å². The summed E-state index contributed by atoms with van der Waals surface area (Å²) >= 11 is 5.96. The third-order valence-corrected chi connectivity index (χ3v) is 6.09. The first kappa shape index (κ1) is 24.2. The molecule has 0 aromatic heterocycles. The van der Waals surface area contributed by atoms with Gasteiger partial charge in [0.05, 0.1) is 33.3 Å². The number of halogens is 4. The van der Waals surface area contributed by atoms with Crippen LogP contribution in [0.5, 0.6) is 0 Å². The first-order chi connectivity index (χ1) is 14.4. The lowest BCUT2D eigenvalue weighted by atomic mass is 10.2. The summed E-state index contributed by atoms with van der Waals surface area (Å²) in [6, 6.07) is 8.66. The van der Waals surface area contributed by atoms with Gasteiger partial charge in [-0.25, -0.2) is 13.2 Å². The maximum Gasteiger partial charge on any atom is 0.416 e. The van der Waals surface area contributed by atoms with Gasteiger partial charge in [0, 0.05) is 0 Å². The lowest BCUT2D eigenvalue weighted by Crippen LogP contribution is -2.31. The van der Waals surface area contributed by atoms with Gasteiger partial charge in [-0.2, -0.15) is 18.4 Å². The molecule has 0 N–H and O–H groups in total. The number of sulfonamides is 1. The summed E-state index contributed by atoms with van der Waals surface area (Å²) in [5.74, 6) is -1.02. The first-order valence-electron chi connectivity index (χ1n) is 8.63. The van der Waals surface area contributed by atoms with E-state index >= 15 is 0 Å². The molecule has 2 aromatic rings. The molecular formula is C20H16ClF3N2O4S. The predicted molar refractivity (Wildman–Crippen MR) is 108 cm³/mol. The van der Waals surface area contributed by atoms with E-state index in [1.165, 1.54) is 19.1 Å². The van der Waals surface area contributed by atoms with E-state index in [9.17, 15) is 26.4 Å². The van der Waals surface area contributed by atoms with Crippen molar-refractivity contribution >= 4 is 33.3 Å². The molecule has 0 spiro atoms. The number of nitriles is 1. The zero-order valence-corrected chi connectivity index (χ0v) is 17.6. The summed E-state index contributed by atoms with van der Waals surface area (Å²) in [7, 11) is -4.42. The van der Waals surface area contributed by atoms with Crippen LogP contribution in [0.25, 0.3) is 0 Å². The van der Waals surface area contributed by atoms with Gasteiger partial charge in [-0.1, -0.05) is 23.7 Å². The van der Waals surface area contributed by atoms with E-state index in [1.807, 2.05) is 0 Å². The third-order valence-electron chi connectivity index (χ3n) is 3.97. The van der Waals surface area contributed by atoms with Crippen LogP contribution in [0.3, 0.4) is 0 Å². The quantitative estimate of drug-likeness (QED) is 0.426. The highest BCUT2D eigenvalue weighted by molar-refractivity contribution is 7.92. The van der Waals surface area contributed by atoms with Crippen LogP contribution >= 0.6 is 11.6 Å². The smallest absolute Gasteiger partial charge is 0.416 e. The Bertz CT molecular complexity index is 1140. The second-order valence-corrected chi connectivity index (χ2v) is 8.46. The average Bonchev–Trinajstić information content (AvgIpc) is 2.71. The third kappa shape index (κ3) is 5.57. The van der Waals surface area contributed by atoms with Crippen LogP contribution in [0, 0.1) is 11.3 Å². The number of hydrogen-bond acceptors (Lipinski definition) is 5. The zero-order chi connectivity index (χ0) is 23.4. The molecule has 0 fully saturated rings. The van der Waals surface area contributed by atoms with Crippen molar-refractivity contribution in [1.82, 2.24) is 0 Å². The van der Waals surface area contributed by atoms with Crippen molar-refractivity contribution in [2.45, 2.75) is 24.1 Å². The second kappa shape index (κ2) is 9.41. The summed E-state index contributed by atoms with van der Waals surface area (Å²) in [6.45, 7) is 4.43. The minimum Gasteiger partial charge on any atom is -0.444 e. The maximum absolute atomic E-state index is 13.2. The van der Waals surface area contributed by atoms with Crippen molar-refractivity contribution in [3.8, 4) is 6.07 Å². The molecule has 31 heavy (non-hydrogen) atoms. The monoisotopic (exact) mass is 472 g/mol. The van der Waals surface area contributed by atoms with E-state index in [2.05, 4.69) is 6.58 Å². The number of ether oxygens (including phenoxy) is 1. The van der Waals surface area contributed by atoms with Crippen LogP contribution in [0.15, 0.2) is 60.0 Å². The molecule has 0 amide bonds. The highest BCUT2D eigenvalue weighted by Gasteiger charge is 2.32. The van der Waals surface area contributed by atoms with Crippen molar-refractivity contribution in [3.63, 3.8) is 0 Å². The van der Waals surface area contributed by atoms with E-state index in [-0.39, 0.29) is 22.8 Å². The molecule has 164 valence electrons. The fourth-order valence-corrected chi connectivity index (χ4v) is 4.14. The minimum atomic E-state index is -4.67. The minimum absolute atomic E-state index is 0.122. The van der Waals surface area contributed by atoms with Crippen LogP contribution in [0.4, 0.5) is 18.9 Å². The SMILES string of the molecule is C=CCN(c1cccc(C(F)(F)F)c1)S(=O)(=O)c1ccc(Cl)c(C(=O)OC(C)C#N)c1. The maximum atomic E-state index is 13.2. The molecule has 2 rings (SSSR count). The van der Waals surface area contributed by atoms with Crippen LogP contribution in [-0.4, -0.2) is 27.0 Å². The zero-order valence-electron chi connectivity index (χ0n) is 16.1. The fourth-order valence-electron chi connectivity index (χ4n) is 2.50. The molecule has 1 atom stereocenters. The number of rotatable bonds is 7. The molecule has 0 radical (unpaired) electrons. The van der Waals surface area contributed by atoms with Gasteiger partial charge >= 0.3 is 12.1 Å². The Balaban J connectivity index is 2.55. The highest BCUT2D eigenvalue weighted by atomic mass is 35.5. The number of benzene rings is 2. The molecule has 0 bridgehead atoms. The van der Waals surface area contributed by atoms with Gasteiger partial charge in [0.15, 0.2) is 6.10 Å². The van der Waals surface area contributed by atoms with Gasteiger partial charge < -0.3 is 4.74 Å². The average molecular weight is 473 g/mol. The molecule has 6 nitrogen and oxygen atoms in total. The number of esters is 1. The van der Waals surface area contributed by atoms with Crippen molar-refractivity contribution in [2.24, 2.45) is 0 Å². The Morgan fingerprint density at radius 1 is 1.32 bits per heavy atom. The van der Waals surface area contributed by atoms with Crippen molar-refractivity contribution in [3.05, 3.63) is 71.3 Å². The number of carbonyl (C=O) groups excluding carboxylic acids is 1. The van der Waals surface area contributed by atoms with E-state index in [0.29, 0.717) is 10.4 Å². The molecule has 0 aliphatic carbocycles. The van der Waals surface area contributed by atoms with E-state index in [1.54, 1.807) is 6.07 Å². The Morgan fingerprint density at radius 2 is 2.00 bits per heavy atom. The lowest BCUT2D eigenvalue weighted by molar-refractivity contribution is -0.137. The molecule has 11 heteroatoms. The van der Waals surface area contributed by atoms with E-state index in [0.717, 1.165) is 30.3 Å². The summed E-state index contributed by atoms with van der Waals surface area (Å²) in [6.07, 6.45) is -4.57. The van der Waals surface area contributed by atoms with E-state index < -0.39 is 38.7 Å². The highest BCUT2D eigenvalue weighted by Crippen LogP contribution is 2.33. The standard InChI is InChI=1S/C20H16ClF3N2O4S/c1-3-9-26(15-6-4-5-14(10-15)20(22,23)24)31(28,29)16-7-8-18(21)17(11-16)19(27)30-13(2)12-25/h3-8,10-11,13H,1,9H2,2H3. The molecule has 0 heterocycles. The van der Waals surface area contributed by atoms with Gasteiger partial charge in [0.2, 0.25) is 0 Å². The van der Waals surface area contributed by atoms with Gasteiger partial charge in [0.25, 0.3) is 10.0 Å². The Morgan fingerprint density at radius 3 is 2.58 bits per heavy atom. The number of anilines is 1. The molecule has 0 aliphatic heterocycles. The summed E-state index contributed by atoms with van der Waals surface area (Å²) < 4.78 is 71.2. The largest absolute Gasteiger partial charge is 0.444 e. The molecule has 2 aromatic carbocycles. The fraction of sp³-hybridized carbons (Fsp3) is 0.200. The normalized spacial score (nSPS) is 12.5. The summed E-state index contributed by atoms with van der Waals surface area (Å²) in [4.78, 5) is 11.8. The van der Waals surface area contributed by atoms with Gasteiger partial charge in [-0.15, -0.1) is 6.58 Å². The Hall–Kier alpha value is -3.03. The van der Waals surface area contributed by atoms with E-state index in [4.69, 9.17) is 21.6 Å². The number of carbonyl (C=O) groups is 1. The summed E-state index contributed by atoms with van der Waals surface area (Å²) in [5, 5.41) is 8.65. The molecule has 0 aliphatic rings. The Kier molecular flexibility index (Phi) is 7.36. The van der Waals surface area contributed by atoms with Crippen LogP contribution in [0.1, 0.15) is 22.8 Å². The van der Waals surface area contributed by atoms with Crippen LogP contribution in [-0.2, 0) is 20.9 Å². The van der Waals surface area contributed by atoms with Gasteiger partial charge in [-0.05, 0) is 43.3 Å². The molecule has 0 saturated heterocycles. The van der Waals surface area contributed by atoms with Crippen LogP contribution < -0.4 is 4.31 Å². The van der Waals surface area contributed by atoms with Crippen molar-refractivity contribution in [2.75, 3.05) is 10.8 Å². The molecule has 0 saturated carbocycles. The van der Waals surface area contributed by atoms with Gasteiger partial charge in [-0.3, -0.25) is 4.31 Å². The van der Waals surface area contributed by atoms with Crippen molar-refractivity contribution in [1.29, 1.82) is 5.26 Å².